The van der Waals surface area contributed by atoms with Crippen LogP contribution in [0.4, 0.5) is 4.79 Å². The number of urea groups is 1. The van der Waals surface area contributed by atoms with Gasteiger partial charge in [-0.3, -0.25) is 4.68 Å². The van der Waals surface area contributed by atoms with Crippen molar-refractivity contribution in [3.63, 3.8) is 0 Å². The summed E-state index contributed by atoms with van der Waals surface area (Å²) in [6.45, 7) is 1.97. The number of fused-ring (bicyclic) bond motifs is 1. The van der Waals surface area contributed by atoms with Gasteiger partial charge in [-0.15, -0.1) is 5.10 Å². The number of methoxy groups -OCH3 is 2. The largest absolute Gasteiger partial charge is 0.493 e. The predicted molar refractivity (Wildman–Crippen MR) is 121 cm³/mol. The van der Waals surface area contributed by atoms with Crippen LogP contribution in [-0.4, -0.2) is 59.1 Å². The number of hydrazone groups is 1. The summed E-state index contributed by atoms with van der Waals surface area (Å²) in [5.74, 6) is 1.25. The lowest BCUT2D eigenvalue weighted by Gasteiger charge is -2.22. The molecule has 1 atom stereocenters. The lowest BCUT2D eigenvalue weighted by molar-refractivity contribution is 0.184. The van der Waals surface area contributed by atoms with Gasteiger partial charge in [-0.05, 0) is 31.0 Å². The van der Waals surface area contributed by atoms with E-state index in [1.54, 1.807) is 25.9 Å². The summed E-state index contributed by atoms with van der Waals surface area (Å²) in [5.41, 5.74) is 5.20. The minimum absolute atomic E-state index is 0.150. The van der Waals surface area contributed by atoms with Gasteiger partial charge in [0.25, 0.3) is 0 Å². The Bertz CT molecular complexity index is 1170. The maximum absolute atomic E-state index is 12.6. The van der Waals surface area contributed by atoms with Crippen molar-refractivity contribution in [2.24, 2.45) is 12.1 Å². The summed E-state index contributed by atoms with van der Waals surface area (Å²) in [6, 6.07) is 11.4. The smallest absolute Gasteiger partial charge is 0.337 e. The molecule has 0 saturated heterocycles. The highest BCUT2D eigenvalue weighted by Crippen LogP contribution is 2.34. The topological polar surface area (TPSA) is 93.9 Å². The molecule has 3 aromatic rings. The maximum Gasteiger partial charge on any atom is 0.337 e. The minimum Gasteiger partial charge on any atom is -0.493 e. The fraction of sp³-hybridized carbons (Fsp3) is 0.304. The maximum atomic E-state index is 12.6. The van der Waals surface area contributed by atoms with Crippen LogP contribution >= 0.6 is 0 Å². The quantitative estimate of drug-likeness (QED) is 0.682. The Morgan fingerprint density at radius 2 is 1.75 bits per heavy atom. The van der Waals surface area contributed by atoms with Crippen molar-refractivity contribution in [1.82, 2.24) is 25.3 Å². The van der Waals surface area contributed by atoms with E-state index in [9.17, 15) is 4.79 Å². The molecule has 1 N–H and O–H groups in total. The number of benzene rings is 2. The first-order valence-corrected chi connectivity index (χ1v) is 10.3. The van der Waals surface area contributed by atoms with Crippen molar-refractivity contribution in [3.8, 4) is 22.8 Å². The molecule has 2 aromatic carbocycles. The van der Waals surface area contributed by atoms with Crippen LogP contribution in [0.25, 0.3) is 11.3 Å². The standard InChI is InChI=1S/C23H26N6O3/c1-14-10-17-11-20(31-4)21(32-5)12-18(17)22(26-29(14)23(30)24-2)16-8-6-15(7-9-16)19-13-28(3)27-25-19/h6-9,11-14H,10H2,1-5H3,(H,24,30)/t14-/m0/s1. The Balaban J connectivity index is 1.85. The van der Waals surface area contributed by atoms with Crippen LogP contribution in [0.1, 0.15) is 23.6 Å². The molecule has 4 rings (SSSR count). The van der Waals surface area contributed by atoms with Crippen LogP contribution < -0.4 is 14.8 Å². The van der Waals surface area contributed by atoms with E-state index in [1.165, 1.54) is 5.01 Å². The number of hydrogen-bond donors (Lipinski definition) is 1. The zero-order chi connectivity index (χ0) is 22.8. The number of nitrogens with one attached hydrogen (secondary N) is 1. The molecule has 1 aliphatic heterocycles. The van der Waals surface area contributed by atoms with E-state index in [1.807, 2.05) is 56.6 Å². The summed E-state index contributed by atoms with van der Waals surface area (Å²) in [5, 5.41) is 17.1. The van der Waals surface area contributed by atoms with Crippen molar-refractivity contribution in [2.75, 3.05) is 21.3 Å². The molecule has 2 amide bonds. The normalized spacial score (nSPS) is 15.5. The van der Waals surface area contributed by atoms with Crippen LogP contribution in [0, 0.1) is 0 Å². The molecule has 32 heavy (non-hydrogen) atoms. The van der Waals surface area contributed by atoms with E-state index in [-0.39, 0.29) is 12.1 Å². The number of carbonyl (C=O) groups is 1. The van der Waals surface area contributed by atoms with Crippen molar-refractivity contribution >= 4 is 11.7 Å². The first kappa shape index (κ1) is 21.4. The lowest BCUT2D eigenvalue weighted by atomic mass is 9.93. The predicted octanol–water partition coefficient (Wildman–Crippen LogP) is 2.84. The molecule has 2 heterocycles. The number of rotatable bonds is 4. The van der Waals surface area contributed by atoms with Crippen molar-refractivity contribution in [2.45, 2.75) is 19.4 Å². The van der Waals surface area contributed by atoms with E-state index < -0.39 is 0 Å². The first-order chi connectivity index (χ1) is 15.4. The molecule has 9 heteroatoms. The number of nitrogens with zero attached hydrogens (tertiary/aromatic N) is 5. The molecule has 9 nitrogen and oxygen atoms in total. The Morgan fingerprint density at radius 1 is 1.09 bits per heavy atom. The van der Waals surface area contributed by atoms with Crippen LogP contribution in [-0.2, 0) is 13.5 Å². The number of aryl methyl sites for hydroxylation is 1. The van der Waals surface area contributed by atoms with Gasteiger partial charge in [0, 0.05) is 30.8 Å². The molecule has 0 aliphatic carbocycles. The molecular weight excluding hydrogens is 408 g/mol. The number of aromatic nitrogens is 3. The van der Waals surface area contributed by atoms with E-state index >= 15 is 0 Å². The second-order valence-corrected chi connectivity index (χ2v) is 7.62. The van der Waals surface area contributed by atoms with E-state index in [2.05, 4.69) is 15.6 Å². The SMILES string of the molecule is CNC(=O)N1N=C(c2ccc(-c3cn(C)nn3)cc2)c2cc(OC)c(OC)cc2C[C@@H]1C. The summed E-state index contributed by atoms with van der Waals surface area (Å²) >= 11 is 0. The third kappa shape index (κ3) is 3.89. The third-order valence-corrected chi connectivity index (χ3v) is 5.48. The highest BCUT2D eigenvalue weighted by atomic mass is 16.5. The highest BCUT2D eigenvalue weighted by molar-refractivity contribution is 6.14. The number of hydrogen-bond acceptors (Lipinski definition) is 6. The first-order valence-electron chi connectivity index (χ1n) is 10.3. The Morgan fingerprint density at radius 3 is 2.34 bits per heavy atom. The molecule has 166 valence electrons. The zero-order valence-corrected chi connectivity index (χ0v) is 18.8. The van der Waals surface area contributed by atoms with Crippen LogP contribution in [0.3, 0.4) is 0 Å². The third-order valence-electron chi connectivity index (χ3n) is 5.48. The van der Waals surface area contributed by atoms with Crippen molar-refractivity contribution in [1.29, 1.82) is 0 Å². The average molecular weight is 435 g/mol. The molecule has 1 aliphatic rings. The molecule has 0 unspecified atom stereocenters. The number of ether oxygens (including phenoxy) is 2. The molecule has 0 fully saturated rings. The van der Waals surface area contributed by atoms with E-state index in [0.717, 1.165) is 27.9 Å². The van der Waals surface area contributed by atoms with Gasteiger partial charge in [-0.1, -0.05) is 29.5 Å². The van der Waals surface area contributed by atoms with Crippen LogP contribution in [0.15, 0.2) is 47.7 Å². The summed E-state index contributed by atoms with van der Waals surface area (Å²) in [6.07, 6.45) is 2.48. The van der Waals surface area contributed by atoms with Gasteiger partial charge in [0.05, 0.1) is 32.2 Å². The molecule has 0 radical (unpaired) electrons. The van der Waals surface area contributed by atoms with E-state index in [0.29, 0.717) is 23.6 Å². The van der Waals surface area contributed by atoms with Crippen LogP contribution in [0.5, 0.6) is 11.5 Å². The molecular formula is C23H26N6O3. The number of carbonyl (C=O) groups excluding carboxylic acids is 1. The fourth-order valence-electron chi connectivity index (χ4n) is 3.83. The Kier molecular flexibility index (Phi) is 5.81. The van der Waals surface area contributed by atoms with Gasteiger partial charge in [0.1, 0.15) is 5.69 Å². The minimum atomic E-state index is -0.266. The van der Waals surface area contributed by atoms with E-state index in [4.69, 9.17) is 14.6 Å². The zero-order valence-electron chi connectivity index (χ0n) is 18.8. The average Bonchev–Trinajstić information content (AvgIpc) is 3.19. The van der Waals surface area contributed by atoms with Crippen molar-refractivity contribution in [3.05, 3.63) is 59.3 Å². The van der Waals surface area contributed by atoms with Gasteiger partial charge >= 0.3 is 6.03 Å². The Hall–Kier alpha value is -3.88. The van der Waals surface area contributed by atoms with Gasteiger partial charge in [0.15, 0.2) is 11.5 Å². The number of amides is 2. The van der Waals surface area contributed by atoms with Gasteiger partial charge in [-0.25, -0.2) is 9.80 Å². The lowest BCUT2D eigenvalue weighted by Crippen LogP contribution is -2.41. The molecule has 0 spiro atoms. The molecule has 0 saturated carbocycles. The molecule has 1 aromatic heterocycles. The monoisotopic (exact) mass is 434 g/mol. The second-order valence-electron chi connectivity index (χ2n) is 7.62. The van der Waals surface area contributed by atoms with Gasteiger partial charge in [-0.2, -0.15) is 5.10 Å². The van der Waals surface area contributed by atoms with Gasteiger partial charge in [0.2, 0.25) is 0 Å². The summed E-state index contributed by atoms with van der Waals surface area (Å²) < 4.78 is 12.7. The summed E-state index contributed by atoms with van der Waals surface area (Å²) in [7, 11) is 6.65. The molecule has 0 bridgehead atoms. The second kappa shape index (κ2) is 8.70. The van der Waals surface area contributed by atoms with Crippen LogP contribution in [0.2, 0.25) is 0 Å². The highest BCUT2D eigenvalue weighted by Gasteiger charge is 2.28. The van der Waals surface area contributed by atoms with Crippen molar-refractivity contribution < 1.29 is 14.3 Å². The summed E-state index contributed by atoms with van der Waals surface area (Å²) in [4.78, 5) is 12.6. The van der Waals surface area contributed by atoms with Gasteiger partial charge < -0.3 is 14.8 Å². The fourth-order valence-corrected chi connectivity index (χ4v) is 3.83. The Labute approximate surface area is 186 Å².